The van der Waals surface area contributed by atoms with Crippen LogP contribution in [0.2, 0.25) is 0 Å². The number of nitrogens with zero attached hydrogens (tertiary/aromatic N) is 3. The average Bonchev–Trinajstić information content (AvgIpc) is 3.33. The number of fused-ring (bicyclic) bond motifs is 1. The highest BCUT2D eigenvalue weighted by Gasteiger charge is 2.59. The number of benzene rings is 1. The van der Waals surface area contributed by atoms with Crippen LogP contribution in [-0.2, 0) is 9.53 Å². The maximum absolute atomic E-state index is 13.6. The summed E-state index contributed by atoms with van der Waals surface area (Å²) in [5, 5.41) is 0. The van der Waals surface area contributed by atoms with Crippen LogP contribution in [-0.4, -0.2) is 45.6 Å². The number of rotatable bonds is 3. The van der Waals surface area contributed by atoms with Crippen molar-refractivity contribution in [1.82, 2.24) is 14.5 Å². The normalized spacial score (nSPS) is 35.6. The highest BCUT2D eigenvalue weighted by atomic mass is 19.1. The molecule has 3 unspecified atom stereocenters. The molecule has 5 fully saturated rings. The van der Waals surface area contributed by atoms with E-state index in [9.17, 15) is 14.0 Å². The number of amides is 2. The van der Waals surface area contributed by atoms with Gasteiger partial charge in [-0.2, -0.15) is 0 Å². The molecule has 1 saturated heterocycles. The van der Waals surface area contributed by atoms with Crippen LogP contribution < -0.4 is 5.73 Å². The molecule has 7 rings (SSSR count). The van der Waals surface area contributed by atoms with Gasteiger partial charge in [0.2, 0.25) is 5.91 Å². The van der Waals surface area contributed by atoms with E-state index in [4.69, 9.17) is 10.5 Å². The molecule has 2 aromatic rings. The molecule has 2 N–H and O–H groups in total. The third-order valence-corrected chi connectivity index (χ3v) is 8.56. The summed E-state index contributed by atoms with van der Waals surface area (Å²) in [6, 6.07) is 4.75. The Morgan fingerprint density at radius 3 is 2.69 bits per heavy atom. The quantitative estimate of drug-likeness (QED) is 0.790. The summed E-state index contributed by atoms with van der Waals surface area (Å²) in [6.07, 6.45) is 4.93. The predicted octanol–water partition coefficient (Wildman–Crippen LogP) is 3.55. The Labute approximate surface area is 186 Å². The molecule has 2 heterocycles. The highest BCUT2D eigenvalue weighted by Crippen LogP contribution is 2.60. The number of hydrogen-bond acceptors (Lipinski definition) is 4. The van der Waals surface area contributed by atoms with E-state index >= 15 is 0 Å². The Bertz CT molecular complexity index is 1100. The smallest absolute Gasteiger partial charge is 0.410 e. The molecule has 32 heavy (non-hydrogen) atoms. The van der Waals surface area contributed by atoms with E-state index in [0.29, 0.717) is 24.5 Å². The monoisotopic (exact) mass is 440 g/mol. The van der Waals surface area contributed by atoms with Crippen molar-refractivity contribution in [3.05, 3.63) is 29.8 Å². The standard InChI is InChI=1S/C24H29FN4O3/c1-13-27-19-8-17(25)2-3-20(19)29(13)18-4-5-28(12-18)23(31)32-21-15-6-14-7-16(21)11-24(9-14,10-15)22(26)30/h2-3,8,14-16,18,21H,4-7,9-12H2,1H3,(H2,26,30)/t14?,15-,16?,18+,21?,24+/m1/s1. The first kappa shape index (κ1) is 20.0. The van der Waals surface area contributed by atoms with Gasteiger partial charge in [-0.05, 0) is 75.3 Å². The third-order valence-electron chi connectivity index (χ3n) is 8.56. The minimum absolute atomic E-state index is 0.0923. The van der Waals surface area contributed by atoms with E-state index in [1.165, 1.54) is 12.1 Å². The first-order chi connectivity index (χ1) is 15.3. The number of nitrogens with two attached hydrogens (primary N) is 1. The molecule has 0 spiro atoms. The molecule has 5 aliphatic rings. The molecule has 170 valence electrons. The number of likely N-dealkylation sites (tertiary alicyclic amines) is 1. The van der Waals surface area contributed by atoms with Crippen LogP contribution in [0.1, 0.15) is 50.4 Å². The number of hydrogen-bond donors (Lipinski definition) is 1. The van der Waals surface area contributed by atoms with Crippen LogP contribution in [0.5, 0.6) is 0 Å². The molecule has 4 saturated carbocycles. The van der Waals surface area contributed by atoms with Gasteiger partial charge < -0.3 is 19.9 Å². The van der Waals surface area contributed by atoms with Gasteiger partial charge in [-0.15, -0.1) is 0 Å². The summed E-state index contributed by atoms with van der Waals surface area (Å²) in [5.41, 5.74) is 6.93. The summed E-state index contributed by atoms with van der Waals surface area (Å²) >= 11 is 0. The van der Waals surface area contributed by atoms with Crippen LogP contribution in [0.15, 0.2) is 18.2 Å². The fourth-order valence-corrected chi connectivity index (χ4v) is 7.43. The number of aryl methyl sites for hydroxylation is 1. The van der Waals surface area contributed by atoms with Gasteiger partial charge in [0.1, 0.15) is 17.7 Å². The molecule has 4 bridgehead atoms. The van der Waals surface area contributed by atoms with Gasteiger partial charge in [0.05, 0.1) is 22.5 Å². The van der Waals surface area contributed by atoms with Crippen LogP contribution in [0.25, 0.3) is 11.0 Å². The Kier molecular flexibility index (Phi) is 4.33. The highest BCUT2D eigenvalue weighted by molar-refractivity contribution is 5.81. The molecule has 7 nitrogen and oxygen atoms in total. The lowest BCUT2D eigenvalue weighted by Crippen LogP contribution is -2.59. The van der Waals surface area contributed by atoms with E-state index in [-0.39, 0.29) is 47.2 Å². The van der Waals surface area contributed by atoms with Crippen molar-refractivity contribution in [3.63, 3.8) is 0 Å². The van der Waals surface area contributed by atoms with Crippen molar-refractivity contribution in [2.45, 2.75) is 57.6 Å². The first-order valence-electron chi connectivity index (χ1n) is 11.7. The van der Waals surface area contributed by atoms with E-state index in [0.717, 1.165) is 49.9 Å². The minimum atomic E-state index is -0.377. The third kappa shape index (κ3) is 2.94. The number of carbonyl (C=O) groups excluding carboxylic acids is 2. The molecule has 2 amide bonds. The number of ether oxygens (including phenoxy) is 1. The van der Waals surface area contributed by atoms with E-state index in [1.807, 2.05) is 6.92 Å². The molecular weight excluding hydrogens is 411 g/mol. The van der Waals surface area contributed by atoms with Gasteiger partial charge in [0.15, 0.2) is 0 Å². The SMILES string of the molecule is Cc1nc2cc(F)ccc2n1[C@H]1CCN(C(=O)OC2C3CC4C[C@@H]2C[C@@](C(N)=O)(C4)C3)C1. The average molecular weight is 441 g/mol. The Morgan fingerprint density at radius 2 is 1.97 bits per heavy atom. The summed E-state index contributed by atoms with van der Waals surface area (Å²) in [7, 11) is 0. The fourth-order valence-electron chi connectivity index (χ4n) is 7.43. The minimum Gasteiger partial charge on any atom is -0.446 e. The van der Waals surface area contributed by atoms with E-state index in [1.54, 1.807) is 11.0 Å². The number of aromatic nitrogens is 2. The van der Waals surface area contributed by atoms with Crippen molar-refractivity contribution >= 4 is 23.0 Å². The molecule has 6 atom stereocenters. The van der Waals surface area contributed by atoms with E-state index in [2.05, 4.69) is 9.55 Å². The second-order valence-corrected chi connectivity index (χ2v) is 10.5. The van der Waals surface area contributed by atoms with Crippen LogP contribution in [0.3, 0.4) is 0 Å². The lowest BCUT2D eigenvalue weighted by Gasteiger charge is -2.58. The van der Waals surface area contributed by atoms with Gasteiger partial charge in [0, 0.05) is 19.2 Å². The molecule has 8 heteroatoms. The first-order valence-corrected chi connectivity index (χ1v) is 11.7. The maximum atomic E-state index is 13.6. The van der Waals surface area contributed by atoms with Gasteiger partial charge >= 0.3 is 6.09 Å². The van der Waals surface area contributed by atoms with Crippen molar-refractivity contribution in [3.8, 4) is 0 Å². The second kappa shape index (κ2) is 6.93. The van der Waals surface area contributed by atoms with Gasteiger partial charge in [-0.1, -0.05) is 0 Å². The Balaban J connectivity index is 1.16. The molecule has 1 aromatic heterocycles. The Hall–Kier alpha value is -2.64. The molecule has 4 aliphatic carbocycles. The lowest BCUT2D eigenvalue weighted by atomic mass is 9.48. The van der Waals surface area contributed by atoms with Crippen LogP contribution in [0.4, 0.5) is 9.18 Å². The zero-order chi connectivity index (χ0) is 22.2. The number of carbonyl (C=O) groups is 2. The van der Waals surface area contributed by atoms with Crippen LogP contribution in [0, 0.1) is 35.9 Å². The number of primary amides is 1. The zero-order valence-electron chi connectivity index (χ0n) is 18.3. The molecule has 1 aromatic carbocycles. The topological polar surface area (TPSA) is 90.4 Å². The summed E-state index contributed by atoms with van der Waals surface area (Å²) < 4.78 is 21.8. The molecular formula is C24H29FN4O3. The molecule has 1 aliphatic heterocycles. The maximum Gasteiger partial charge on any atom is 0.410 e. The summed E-state index contributed by atoms with van der Waals surface area (Å²) in [5.74, 6) is 1.37. The Morgan fingerprint density at radius 1 is 1.22 bits per heavy atom. The van der Waals surface area contributed by atoms with Gasteiger partial charge in [-0.25, -0.2) is 14.2 Å². The van der Waals surface area contributed by atoms with Crippen molar-refractivity contribution in [2.75, 3.05) is 13.1 Å². The number of imidazole rings is 1. The van der Waals surface area contributed by atoms with Gasteiger partial charge in [-0.3, -0.25) is 4.79 Å². The fraction of sp³-hybridized carbons (Fsp3) is 0.625. The summed E-state index contributed by atoms with van der Waals surface area (Å²) in [4.78, 5) is 31.5. The summed E-state index contributed by atoms with van der Waals surface area (Å²) in [6.45, 7) is 3.10. The van der Waals surface area contributed by atoms with Crippen molar-refractivity contribution < 1.29 is 18.7 Å². The second-order valence-electron chi connectivity index (χ2n) is 10.5. The number of halogens is 1. The van der Waals surface area contributed by atoms with Gasteiger partial charge in [0.25, 0.3) is 0 Å². The predicted molar refractivity (Wildman–Crippen MR) is 115 cm³/mol. The van der Waals surface area contributed by atoms with Crippen LogP contribution >= 0.6 is 0 Å². The zero-order valence-corrected chi connectivity index (χ0v) is 18.3. The largest absolute Gasteiger partial charge is 0.446 e. The molecule has 0 radical (unpaired) electrons. The van der Waals surface area contributed by atoms with E-state index < -0.39 is 0 Å². The van der Waals surface area contributed by atoms with Crippen molar-refractivity contribution in [2.24, 2.45) is 28.9 Å². The van der Waals surface area contributed by atoms with Crippen molar-refractivity contribution in [1.29, 1.82) is 0 Å². The lowest BCUT2D eigenvalue weighted by molar-refractivity contribution is -0.161.